The molecular weight excluding hydrogens is 361 g/mol. The van der Waals surface area contributed by atoms with Crippen LogP contribution in [0, 0.1) is 5.41 Å². The van der Waals surface area contributed by atoms with Gasteiger partial charge in [-0.2, -0.15) is 13.2 Å². The number of rotatable bonds is 7. The average molecular weight is 382 g/mol. The molecule has 0 aromatic heterocycles. The van der Waals surface area contributed by atoms with Gasteiger partial charge in [-0.25, -0.2) is 5.48 Å². The van der Waals surface area contributed by atoms with Gasteiger partial charge >= 0.3 is 6.18 Å². The Kier molecular flexibility index (Phi) is 6.45. The summed E-state index contributed by atoms with van der Waals surface area (Å²) in [5, 5.41) is 11.8. The highest BCUT2D eigenvalue weighted by Gasteiger charge is 2.30. The van der Waals surface area contributed by atoms with E-state index in [1.807, 2.05) is 12.1 Å². The lowest BCUT2D eigenvalue weighted by molar-refractivity contribution is -0.138. The van der Waals surface area contributed by atoms with Crippen molar-refractivity contribution in [3.63, 3.8) is 0 Å². The van der Waals surface area contributed by atoms with Crippen LogP contribution in [-0.2, 0) is 17.5 Å². The largest absolute Gasteiger partial charge is 0.457 e. The van der Waals surface area contributed by atoms with Crippen LogP contribution in [0.2, 0.25) is 0 Å². The zero-order valence-corrected chi connectivity index (χ0v) is 14.9. The van der Waals surface area contributed by atoms with Crippen molar-refractivity contribution in [2.24, 2.45) is 5.41 Å². The highest BCUT2D eigenvalue weighted by Crippen LogP contribution is 2.31. The predicted molar refractivity (Wildman–Crippen MR) is 93.4 cm³/mol. The second-order valence-corrected chi connectivity index (χ2v) is 6.70. The highest BCUT2D eigenvalue weighted by molar-refractivity contribution is 5.80. The van der Waals surface area contributed by atoms with Crippen molar-refractivity contribution < 1.29 is 27.9 Å². The number of hydrogen-bond donors (Lipinski definition) is 3. The summed E-state index contributed by atoms with van der Waals surface area (Å²) in [6.45, 7) is 4.27. The van der Waals surface area contributed by atoms with Crippen molar-refractivity contribution in [2.75, 3.05) is 6.54 Å². The number of hydroxylamine groups is 1. The van der Waals surface area contributed by atoms with Crippen molar-refractivity contribution >= 4 is 5.91 Å². The molecule has 0 spiro atoms. The number of alkyl halides is 3. The van der Waals surface area contributed by atoms with Gasteiger partial charge in [0.05, 0.1) is 11.0 Å². The summed E-state index contributed by atoms with van der Waals surface area (Å²) in [6.07, 6.45) is -4.38. The van der Waals surface area contributed by atoms with E-state index >= 15 is 0 Å². The Balaban J connectivity index is 1.89. The molecule has 0 fully saturated rings. The standard InChI is InChI=1S/C19H21F3N2O3/c1-18(2,17(25)24-26)12-23-11-13-3-7-15(8-4-13)27-16-9-5-14(6-10-16)19(20,21)22/h3-10,23,26H,11-12H2,1-2H3,(H,24,25). The molecule has 0 unspecified atom stereocenters. The van der Waals surface area contributed by atoms with Crippen molar-refractivity contribution in [1.82, 2.24) is 10.8 Å². The van der Waals surface area contributed by atoms with Gasteiger partial charge in [-0.05, 0) is 55.8 Å². The van der Waals surface area contributed by atoms with Gasteiger partial charge in [0.1, 0.15) is 11.5 Å². The maximum Gasteiger partial charge on any atom is 0.416 e. The Labute approximate surface area is 155 Å². The minimum Gasteiger partial charge on any atom is -0.457 e. The molecule has 146 valence electrons. The van der Waals surface area contributed by atoms with Crippen molar-refractivity contribution in [3.05, 3.63) is 59.7 Å². The van der Waals surface area contributed by atoms with Crippen LogP contribution in [-0.4, -0.2) is 17.7 Å². The molecule has 2 rings (SSSR count). The Morgan fingerprint density at radius 1 is 1.00 bits per heavy atom. The van der Waals surface area contributed by atoms with Gasteiger partial charge in [-0.3, -0.25) is 10.0 Å². The molecule has 0 bridgehead atoms. The molecule has 0 aliphatic rings. The van der Waals surface area contributed by atoms with Crippen LogP contribution in [0.1, 0.15) is 25.0 Å². The smallest absolute Gasteiger partial charge is 0.416 e. The number of benzene rings is 2. The Bertz CT molecular complexity index is 757. The summed E-state index contributed by atoms with van der Waals surface area (Å²) >= 11 is 0. The van der Waals surface area contributed by atoms with E-state index in [0.29, 0.717) is 24.6 Å². The van der Waals surface area contributed by atoms with E-state index in [4.69, 9.17) is 9.94 Å². The third-order valence-electron chi connectivity index (χ3n) is 3.95. The number of hydrogen-bond acceptors (Lipinski definition) is 4. The van der Waals surface area contributed by atoms with Crippen LogP contribution < -0.4 is 15.5 Å². The Morgan fingerprint density at radius 3 is 2.00 bits per heavy atom. The number of ether oxygens (including phenoxy) is 1. The van der Waals surface area contributed by atoms with Gasteiger partial charge in [0.25, 0.3) is 0 Å². The molecule has 0 aliphatic heterocycles. The van der Waals surface area contributed by atoms with Crippen molar-refractivity contribution in [1.29, 1.82) is 0 Å². The molecule has 0 saturated heterocycles. The first-order valence-electron chi connectivity index (χ1n) is 8.21. The number of amides is 1. The van der Waals surface area contributed by atoms with Crippen LogP contribution in [0.5, 0.6) is 11.5 Å². The van der Waals surface area contributed by atoms with Crippen LogP contribution in [0.15, 0.2) is 48.5 Å². The zero-order valence-electron chi connectivity index (χ0n) is 14.9. The van der Waals surface area contributed by atoms with Crippen LogP contribution in [0.4, 0.5) is 13.2 Å². The summed E-state index contributed by atoms with van der Waals surface area (Å²) in [7, 11) is 0. The number of halogens is 3. The number of carbonyl (C=O) groups is 1. The fourth-order valence-electron chi connectivity index (χ4n) is 2.27. The second kappa shape index (κ2) is 8.41. The zero-order chi connectivity index (χ0) is 20.1. The normalized spacial score (nSPS) is 11.9. The van der Waals surface area contributed by atoms with E-state index in [1.54, 1.807) is 31.5 Å². The number of carbonyl (C=O) groups excluding carboxylic acids is 1. The monoisotopic (exact) mass is 382 g/mol. The average Bonchev–Trinajstić information content (AvgIpc) is 2.62. The van der Waals surface area contributed by atoms with Gasteiger partial charge < -0.3 is 10.1 Å². The fourth-order valence-corrected chi connectivity index (χ4v) is 2.27. The van der Waals surface area contributed by atoms with E-state index in [-0.39, 0.29) is 0 Å². The van der Waals surface area contributed by atoms with Gasteiger partial charge in [0, 0.05) is 13.1 Å². The molecule has 3 N–H and O–H groups in total. The molecule has 0 aliphatic carbocycles. The molecule has 1 amide bonds. The molecule has 8 heteroatoms. The lowest BCUT2D eigenvalue weighted by Gasteiger charge is -2.22. The van der Waals surface area contributed by atoms with Crippen molar-refractivity contribution in [2.45, 2.75) is 26.6 Å². The quantitative estimate of drug-likeness (QED) is 0.498. The van der Waals surface area contributed by atoms with E-state index in [9.17, 15) is 18.0 Å². The van der Waals surface area contributed by atoms with E-state index in [2.05, 4.69) is 5.32 Å². The topological polar surface area (TPSA) is 70.6 Å². The Hall–Kier alpha value is -2.58. The second-order valence-electron chi connectivity index (χ2n) is 6.70. The molecule has 0 radical (unpaired) electrons. The molecule has 0 atom stereocenters. The summed E-state index contributed by atoms with van der Waals surface area (Å²) in [5.74, 6) is 0.333. The van der Waals surface area contributed by atoms with Gasteiger partial charge in [-0.1, -0.05) is 12.1 Å². The van der Waals surface area contributed by atoms with Crippen LogP contribution in [0.25, 0.3) is 0 Å². The highest BCUT2D eigenvalue weighted by atomic mass is 19.4. The van der Waals surface area contributed by atoms with Crippen LogP contribution >= 0.6 is 0 Å². The first-order chi connectivity index (χ1) is 12.6. The first kappa shape index (κ1) is 20.7. The lowest BCUT2D eigenvalue weighted by Crippen LogP contribution is -2.42. The number of nitrogens with one attached hydrogen (secondary N) is 2. The Morgan fingerprint density at radius 2 is 1.52 bits per heavy atom. The van der Waals surface area contributed by atoms with Gasteiger partial charge in [0.15, 0.2) is 0 Å². The molecule has 2 aromatic carbocycles. The third kappa shape index (κ3) is 5.97. The molecule has 2 aromatic rings. The molecule has 0 saturated carbocycles. The summed E-state index contributed by atoms with van der Waals surface area (Å²) in [5.41, 5.74) is 1.09. The minimum absolute atomic E-state index is 0.311. The maximum atomic E-state index is 12.5. The fraction of sp³-hybridized carbons (Fsp3) is 0.316. The summed E-state index contributed by atoms with van der Waals surface area (Å²) < 4.78 is 43.2. The first-order valence-corrected chi connectivity index (χ1v) is 8.21. The van der Waals surface area contributed by atoms with Gasteiger partial charge in [0.2, 0.25) is 5.91 Å². The SMILES string of the molecule is CC(C)(CNCc1ccc(Oc2ccc(C(F)(F)F)cc2)cc1)C(=O)NO. The van der Waals surface area contributed by atoms with E-state index in [1.165, 1.54) is 12.1 Å². The molecule has 0 heterocycles. The van der Waals surface area contributed by atoms with Gasteiger partial charge in [-0.15, -0.1) is 0 Å². The molecule has 5 nitrogen and oxygen atoms in total. The maximum absolute atomic E-state index is 12.5. The predicted octanol–water partition coefficient (Wildman–Crippen LogP) is 4.12. The van der Waals surface area contributed by atoms with E-state index in [0.717, 1.165) is 17.7 Å². The minimum atomic E-state index is -4.38. The molecular formula is C19H21F3N2O3. The van der Waals surface area contributed by atoms with E-state index < -0.39 is 23.1 Å². The summed E-state index contributed by atoms with van der Waals surface area (Å²) in [6, 6.07) is 11.5. The lowest BCUT2D eigenvalue weighted by atomic mass is 9.92. The van der Waals surface area contributed by atoms with Crippen molar-refractivity contribution in [3.8, 4) is 11.5 Å². The molecule has 27 heavy (non-hydrogen) atoms. The summed E-state index contributed by atoms with van der Waals surface area (Å²) in [4.78, 5) is 11.5. The third-order valence-corrected chi connectivity index (χ3v) is 3.95. The van der Waals surface area contributed by atoms with Crippen LogP contribution in [0.3, 0.4) is 0 Å².